The topological polar surface area (TPSA) is 71.2 Å². The van der Waals surface area contributed by atoms with Crippen LogP contribution in [0.1, 0.15) is 36.2 Å². The van der Waals surface area contributed by atoms with Crippen LogP contribution in [0, 0.1) is 0 Å². The summed E-state index contributed by atoms with van der Waals surface area (Å²) < 4.78 is 0. The lowest BCUT2D eigenvalue weighted by molar-refractivity contribution is 0.0729. The number of amides is 1. The van der Waals surface area contributed by atoms with Crippen LogP contribution in [0.25, 0.3) is 0 Å². The Morgan fingerprint density at radius 2 is 2.18 bits per heavy atom. The molecule has 17 heavy (non-hydrogen) atoms. The molecule has 1 saturated carbocycles. The molecule has 5 heteroatoms. The van der Waals surface area contributed by atoms with Crippen molar-refractivity contribution in [2.45, 2.75) is 31.7 Å². The number of rotatable bonds is 3. The predicted octanol–water partition coefficient (Wildman–Crippen LogP) is 1.38. The molecule has 0 bridgehead atoms. The average molecular weight is 234 g/mol. The van der Waals surface area contributed by atoms with E-state index < -0.39 is 0 Å². The van der Waals surface area contributed by atoms with Gasteiger partial charge < -0.3 is 10.3 Å². The third kappa shape index (κ3) is 2.55. The van der Waals surface area contributed by atoms with Crippen LogP contribution in [0.3, 0.4) is 0 Å². The maximum Gasteiger partial charge on any atom is 0.272 e. The van der Waals surface area contributed by atoms with Gasteiger partial charge in [-0.1, -0.05) is 12.8 Å². The summed E-state index contributed by atoms with van der Waals surface area (Å²) in [5, 5.41) is 0. The molecule has 2 rings (SSSR count). The van der Waals surface area contributed by atoms with Crippen molar-refractivity contribution in [2.75, 3.05) is 12.5 Å². The van der Waals surface area contributed by atoms with Gasteiger partial charge in [0.25, 0.3) is 5.91 Å². The summed E-state index contributed by atoms with van der Waals surface area (Å²) in [5.41, 5.74) is 3.66. The Hall–Kier alpha value is -1.62. The van der Waals surface area contributed by atoms with Crippen molar-refractivity contribution < 1.29 is 4.79 Å². The molecule has 0 unspecified atom stereocenters. The van der Waals surface area contributed by atoms with E-state index in [-0.39, 0.29) is 5.91 Å². The summed E-state index contributed by atoms with van der Waals surface area (Å²) in [4.78, 5) is 18.1. The van der Waals surface area contributed by atoms with Crippen LogP contribution in [0.2, 0.25) is 0 Å². The SMILES string of the molecule is CN(C(=O)c1ccc(NN)cn1)C1CCCC1. The van der Waals surface area contributed by atoms with Crippen molar-refractivity contribution in [2.24, 2.45) is 5.84 Å². The van der Waals surface area contributed by atoms with Gasteiger partial charge >= 0.3 is 0 Å². The highest BCUT2D eigenvalue weighted by Crippen LogP contribution is 2.23. The molecule has 0 radical (unpaired) electrons. The number of anilines is 1. The lowest BCUT2D eigenvalue weighted by Crippen LogP contribution is -2.35. The van der Waals surface area contributed by atoms with Crippen LogP contribution in [-0.2, 0) is 0 Å². The number of hydrazine groups is 1. The number of aromatic nitrogens is 1. The van der Waals surface area contributed by atoms with E-state index >= 15 is 0 Å². The first-order chi connectivity index (χ1) is 8.22. The molecule has 0 aliphatic heterocycles. The van der Waals surface area contributed by atoms with E-state index in [1.54, 1.807) is 18.3 Å². The highest BCUT2D eigenvalue weighted by Gasteiger charge is 2.24. The highest BCUT2D eigenvalue weighted by atomic mass is 16.2. The normalized spacial score (nSPS) is 15.9. The third-order valence-corrected chi connectivity index (χ3v) is 3.34. The molecule has 1 aliphatic carbocycles. The number of pyridine rings is 1. The Labute approximate surface area is 101 Å². The molecular formula is C12H18N4O. The monoisotopic (exact) mass is 234 g/mol. The van der Waals surface area contributed by atoms with Crippen molar-refractivity contribution in [1.29, 1.82) is 0 Å². The van der Waals surface area contributed by atoms with Crippen LogP contribution in [0.5, 0.6) is 0 Å². The number of nitrogen functional groups attached to an aromatic ring is 1. The molecule has 1 aromatic heterocycles. The van der Waals surface area contributed by atoms with E-state index in [4.69, 9.17) is 5.84 Å². The summed E-state index contributed by atoms with van der Waals surface area (Å²) in [5.74, 6) is 5.24. The maximum absolute atomic E-state index is 12.1. The molecule has 1 fully saturated rings. The van der Waals surface area contributed by atoms with Crippen LogP contribution < -0.4 is 11.3 Å². The summed E-state index contributed by atoms with van der Waals surface area (Å²) >= 11 is 0. The second-order valence-corrected chi connectivity index (χ2v) is 4.43. The molecule has 0 atom stereocenters. The Bertz CT molecular complexity index is 384. The highest BCUT2D eigenvalue weighted by molar-refractivity contribution is 5.92. The molecule has 1 heterocycles. The molecule has 1 aliphatic rings. The lowest BCUT2D eigenvalue weighted by atomic mass is 10.2. The number of nitrogens with zero attached hydrogens (tertiary/aromatic N) is 2. The Kier molecular flexibility index (Phi) is 3.58. The first-order valence-electron chi connectivity index (χ1n) is 5.92. The summed E-state index contributed by atoms with van der Waals surface area (Å²) in [6.07, 6.45) is 6.20. The van der Waals surface area contributed by atoms with E-state index in [9.17, 15) is 4.79 Å². The molecule has 1 aromatic rings. The Balaban J connectivity index is 2.07. The number of nitrogens with two attached hydrogens (primary N) is 1. The van der Waals surface area contributed by atoms with Crippen molar-refractivity contribution in [3.63, 3.8) is 0 Å². The van der Waals surface area contributed by atoms with Crippen molar-refractivity contribution in [3.8, 4) is 0 Å². The van der Waals surface area contributed by atoms with Crippen LogP contribution in [-0.4, -0.2) is 28.9 Å². The third-order valence-electron chi connectivity index (χ3n) is 3.34. The van der Waals surface area contributed by atoms with Crippen LogP contribution >= 0.6 is 0 Å². The zero-order chi connectivity index (χ0) is 12.3. The molecule has 0 spiro atoms. The van der Waals surface area contributed by atoms with E-state index in [0.717, 1.165) is 12.8 Å². The molecule has 0 aromatic carbocycles. The number of hydrogen-bond donors (Lipinski definition) is 2. The first-order valence-corrected chi connectivity index (χ1v) is 5.92. The van der Waals surface area contributed by atoms with E-state index in [0.29, 0.717) is 17.4 Å². The predicted molar refractivity (Wildman–Crippen MR) is 66.4 cm³/mol. The molecule has 0 saturated heterocycles. The molecule has 5 nitrogen and oxygen atoms in total. The van der Waals surface area contributed by atoms with Crippen LogP contribution in [0.15, 0.2) is 18.3 Å². The second kappa shape index (κ2) is 5.14. The summed E-state index contributed by atoms with van der Waals surface area (Å²) in [7, 11) is 1.86. The van der Waals surface area contributed by atoms with Gasteiger partial charge in [-0.05, 0) is 25.0 Å². The fraction of sp³-hybridized carbons (Fsp3) is 0.500. The fourth-order valence-corrected chi connectivity index (χ4v) is 2.24. The Morgan fingerprint density at radius 1 is 1.47 bits per heavy atom. The molecule has 92 valence electrons. The van der Waals surface area contributed by atoms with E-state index in [2.05, 4.69) is 10.4 Å². The van der Waals surface area contributed by atoms with Gasteiger partial charge in [0.2, 0.25) is 0 Å². The van der Waals surface area contributed by atoms with Crippen molar-refractivity contribution in [1.82, 2.24) is 9.88 Å². The van der Waals surface area contributed by atoms with Gasteiger partial charge in [0.05, 0.1) is 11.9 Å². The smallest absolute Gasteiger partial charge is 0.272 e. The Morgan fingerprint density at radius 3 is 2.71 bits per heavy atom. The second-order valence-electron chi connectivity index (χ2n) is 4.43. The van der Waals surface area contributed by atoms with Gasteiger partial charge in [0.15, 0.2) is 0 Å². The maximum atomic E-state index is 12.1. The number of nitrogens with one attached hydrogen (secondary N) is 1. The molecule has 3 N–H and O–H groups in total. The zero-order valence-electron chi connectivity index (χ0n) is 10.0. The zero-order valence-corrected chi connectivity index (χ0v) is 10.0. The lowest BCUT2D eigenvalue weighted by Gasteiger charge is -2.23. The van der Waals surface area contributed by atoms with Gasteiger partial charge in [-0.3, -0.25) is 10.6 Å². The van der Waals surface area contributed by atoms with Crippen LogP contribution in [0.4, 0.5) is 5.69 Å². The minimum atomic E-state index is -0.0135. The van der Waals surface area contributed by atoms with Gasteiger partial charge in [0.1, 0.15) is 5.69 Å². The summed E-state index contributed by atoms with van der Waals surface area (Å²) in [6, 6.07) is 3.82. The first kappa shape index (κ1) is 11.9. The summed E-state index contributed by atoms with van der Waals surface area (Å²) in [6.45, 7) is 0. The number of hydrogen-bond acceptors (Lipinski definition) is 4. The van der Waals surface area contributed by atoms with Gasteiger partial charge in [-0.25, -0.2) is 4.98 Å². The van der Waals surface area contributed by atoms with Gasteiger partial charge in [0, 0.05) is 13.1 Å². The van der Waals surface area contributed by atoms with E-state index in [1.165, 1.54) is 12.8 Å². The standard InChI is InChI=1S/C12H18N4O/c1-16(10-4-2-3-5-10)12(17)11-7-6-9(15-13)8-14-11/h6-8,10,15H,2-5,13H2,1H3. The number of carbonyl (C=O) groups is 1. The minimum Gasteiger partial charge on any atom is -0.337 e. The molecule has 1 amide bonds. The van der Waals surface area contributed by atoms with E-state index in [1.807, 2.05) is 11.9 Å². The van der Waals surface area contributed by atoms with Gasteiger partial charge in [-0.2, -0.15) is 0 Å². The average Bonchev–Trinajstić information content (AvgIpc) is 2.91. The quantitative estimate of drug-likeness (QED) is 0.612. The largest absolute Gasteiger partial charge is 0.337 e. The molecular weight excluding hydrogens is 216 g/mol. The number of carbonyl (C=O) groups excluding carboxylic acids is 1. The van der Waals surface area contributed by atoms with Gasteiger partial charge in [-0.15, -0.1) is 0 Å². The minimum absolute atomic E-state index is 0.0135. The van der Waals surface area contributed by atoms with Crippen molar-refractivity contribution >= 4 is 11.6 Å². The van der Waals surface area contributed by atoms with Crippen molar-refractivity contribution in [3.05, 3.63) is 24.0 Å². The fourth-order valence-electron chi connectivity index (χ4n) is 2.24.